The molecule has 3 rings (SSSR count). The number of aromatic nitrogens is 2. The van der Waals surface area contributed by atoms with E-state index in [2.05, 4.69) is 11.7 Å². The normalized spacial score (nSPS) is 11.4. The van der Waals surface area contributed by atoms with E-state index in [1.54, 1.807) is 24.3 Å². The van der Waals surface area contributed by atoms with Crippen LogP contribution in [-0.2, 0) is 28.1 Å². The molecule has 2 aromatic carbocycles. The van der Waals surface area contributed by atoms with Crippen molar-refractivity contribution in [2.45, 2.75) is 25.2 Å². The SMILES string of the molecule is C=CCc1ccc(OCC(=O)Oc2c(-c3c(C)c(S(C)(=O)=O)c(F)c(F)c3F)c(C)nn2C)c(OC)c1. The van der Waals surface area contributed by atoms with Crippen molar-refractivity contribution in [1.82, 2.24) is 9.78 Å². The molecule has 0 amide bonds. The first-order chi connectivity index (χ1) is 17.3. The van der Waals surface area contributed by atoms with E-state index in [-0.39, 0.29) is 22.9 Å². The van der Waals surface area contributed by atoms with E-state index in [9.17, 15) is 26.4 Å². The summed E-state index contributed by atoms with van der Waals surface area (Å²) in [5.74, 6) is -6.06. The highest BCUT2D eigenvalue weighted by Gasteiger charge is 2.32. The van der Waals surface area contributed by atoms with Gasteiger partial charge >= 0.3 is 5.97 Å². The second-order valence-corrected chi connectivity index (χ2v) is 10.1. The topological polar surface area (TPSA) is 96.7 Å². The maximum absolute atomic E-state index is 15.0. The Labute approximate surface area is 212 Å². The molecule has 0 aliphatic heterocycles. The lowest BCUT2D eigenvalue weighted by Crippen LogP contribution is -2.20. The second-order valence-electron chi connectivity index (χ2n) is 8.17. The molecule has 0 aliphatic carbocycles. The van der Waals surface area contributed by atoms with Crippen LogP contribution in [0.15, 0.2) is 35.7 Å². The molecule has 0 radical (unpaired) electrons. The number of hydrogen-bond acceptors (Lipinski definition) is 7. The summed E-state index contributed by atoms with van der Waals surface area (Å²) in [6, 6.07) is 5.09. The van der Waals surface area contributed by atoms with Crippen LogP contribution in [0.5, 0.6) is 17.4 Å². The van der Waals surface area contributed by atoms with E-state index < -0.39 is 55.9 Å². The third-order valence-electron chi connectivity index (χ3n) is 5.47. The van der Waals surface area contributed by atoms with Gasteiger partial charge in [-0.1, -0.05) is 12.1 Å². The monoisotopic (exact) mass is 538 g/mol. The summed E-state index contributed by atoms with van der Waals surface area (Å²) in [7, 11) is -1.46. The zero-order chi connectivity index (χ0) is 27.7. The molecule has 0 unspecified atom stereocenters. The lowest BCUT2D eigenvalue weighted by atomic mass is 9.99. The smallest absolute Gasteiger partial charge is 0.350 e. The predicted octanol–water partition coefficient (Wildman–Crippen LogP) is 4.25. The third-order valence-corrected chi connectivity index (χ3v) is 6.70. The third kappa shape index (κ3) is 5.48. The van der Waals surface area contributed by atoms with Gasteiger partial charge in [0.25, 0.3) is 0 Å². The van der Waals surface area contributed by atoms with Gasteiger partial charge in [-0.25, -0.2) is 31.1 Å². The van der Waals surface area contributed by atoms with Crippen LogP contribution in [0, 0.1) is 31.3 Å². The fourth-order valence-corrected chi connectivity index (χ4v) is 5.00. The fourth-order valence-electron chi connectivity index (χ4n) is 3.93. The Morgan fingerprint density at radius 1 is 1.11 bits per heavy atom. The van der Waals surface area contributed by atoms with Gasteiger partial charge in [0, 0.05) is 18.9 Å². The van der Waals surface area contributed by atoms with Gasteiger partial charge in [0.2, 0.25) is 5.88 Å². The molecule has 3 aromatic rings. The van der Waals surface area contributed by atoms with Crippen LogP contribution in [0.2, 0.25) is 0 Å². The molecule has 12 heteroatoms. The molecule has 8 nitrogen and oxygen atoms in total. The second kappa shape index (κ2) is 10.7. The molecule has 0 saturated carbocycles. The van der Waals surface area contributed by atoms with Crippen LogP contribution in [-0.4, -0.2) is 44.1 Å². The van der Waals surface area contributed by atoms with Crippen LogP contribution < -0.4 is 14.2 Å². The Bertz CT molecular complexity index is 1500. The van der Waals surface area contributed by atoms with Crippen molar-refractivity contribution in [2.24, 2.45) is 7.05 Å². The number of rotatable bonds is 9. The van der Waals surface area contributed by atoms with Crippen molar-refractivity contribution >= 4 is 15.8 Å². The molecule has 0 fully saturated rings. The number of ether oxygens (including phenoxy) is 3. The Balaban J connectivity index is 1.98. The van der Waals surface area contributed by atoms with Gasteiger partial charge in [0.1, 0.15) is 4.90 Å². The summed E-state index contributed by atoms with van der Waals surface area (Å²) in [4.78, 5) is 11.6. The van der Waals surface area contributed by atoms with Gasteiger partial charge in [0.05, 0.1) is 18.4 Å². The maximum atomic E-state index is 15.0. The van der Waals surface area contributed by atoms with Crippen LogP contribution in [0.3, 0.4) is 0 Å². The minimum absolute atomic E-state index is 0.0816. The average Bonchev–Trinajstić information content (AvgIpc) is 3.08. The summed E-state index contributed by atoms with van der Waals surface area (Å²) in [6.45, 7) is 5.63. The van der Waals surface area contributed by atoms with Crippen molar-refractivity contribution in [1.29, 1.82) is 0 Å². The summed E-state index contributed by atoms with van der Waals surface area (Å²) in [5.41, 5.74) is -0.200. The minimum atomic E-state index is -4.28. The van der Waals surface area contributed by atoms with Crippen LogP contribution >= 0.6 is 0 Å². The van der Waals surface area contributed by atoms with E-state index in [1.807, 2.05) is 0 Å². The van der Waals surface area contributed by atoms with Gasteiger partial charge in [0.15, 0.2) is 45.4 Å². The standard InChI is InChI=1S/C25H25F3N2O6S/c1-7-8-15-9-10-16(17(11-15)34-5)35-12-18(31)36-25-20(14(3)29-30(25)4)19-13(2)24(37(6,32)33)23(28)22(27)21(19)26/h7,9-11H,1,8,12H2,2-6H3. The average molecular weight is 539 g/mol. The molecule has 198 valence electrons. The zero-order valence-electron chi connectivity index (χ0n) is 20.8. The van der Waals surface area contributed by atoms with Crippen molar-refractivity contribution in [2.75, 3.05) is 20.0 Å². The molecule has 0 atom stereocenters. The van der Waals surface area contributed by atoms with Gasteiger partial charge in [-0.3, -0.25) is 0 Å². The minimum Gasteiger partial charge on any atom is -0.493 e. The van der Waals surface area contributed by atoms with Crippen molar-refractivity contribution in [3.63, 3.8) is 0 Å². The van der Waals surface area contributed by atoms with E-state index in [0.717, 1.165) is 17.2 Å². The molecule has 0 spiro atoms. The number of halogens is 3. The first-order valence-electron chi connectivity index (χ1n) is 10.8. The molecule has 0 saturated heterocycles. The Morgan fingerprint density at radius 2 is 1.78 bits per heavy atom. The van der Waals surface area contributed by atoms with Crippen molar-refractivity contribution < 1.29 is 40.6 Å². The number of benzene rings is 2. The van der Waals surface area contributed by atoms with Crippen LogP contribution in [0.25, 0.3) is 11.1 Å². The number of allylic oxidation sites excluding steroid dienone is 1. The van der Waals surface area contributed by atoms with E-state index >= 15 is 0 Å². The number of hydrogen-bond donors (Lipinski definition) is 0. The number of nitrogens with zero attached hydrogens (tertiary/aromatic N) is 2. The fraction of sp³-hybridized carbons (Fsp3) is 0.280. The van der Waals surface area contributed by atoms with Gasteiger partial charge < -0.3 is 14.2 Å². The number of esters is 1. The number of carbonyl (C=O) groups is 1. The predicted molar refractivity (Wildman–Crippen MR) is 129 cm³/mol. The molecule has 1 aromatic heterocycles. The highest BCUT2D eigenvalue weighted by molar-refractivity contribution is 7.90. The van der Waals surface area contributed by atoms with Gasteiger partial charge in [-0.05, 0) is 43.5 Å². The van der Waals surface area contributed by atoms with Crippen LogP contribution in [0.1, 0.15) is 16.8 Å². The maximum Gasteiger partial charge on any atom is 0.350 e. The molecule has 1 heterocycles. The lowest BCUT2D eigenvalue weighted by Gasteiger charge is -2.15. The highest BCUT2D eigenvalue weighted by Crippen LogP contribution is 2.41. The zero-order valence-corrected chi connectivity index (χ0v) is 21.6. The number of carbonyl (C=O) groups excluding carboxylic acids is 1. The summed E-state index contributed by atoms with van der Waals surface area (Å²) >= 11 is 0. The summed E-state index contributed by atoms with van der Waals surface area (Å²) in [5, 5.41) is 4.08. The van der Waals surface area contributed by atoms with Gasteiger partial charge in [-0.15, -0.1) is 6.58 Å². The molecular weight excluding hydrogens is 513 g/mol. The Morgan fingerprint density at radius 3 is 2.38 bits per heavy atom. The van der Waals surface area contributed by atoms with Gasteiger partial charge in [-0.2, -0.15) is 5.10 Å². The summed E-state index contributed by atoms with van der Waals surface area (Å²) in [6.07, 6.45) is 2.99. The van der Waals surface area contributed by atoms with Crippen LogP contribution in [0.4, 0.5) is 13.2 Å². The van der Waals surface area contributed by atoms with Crippen molar-refractivity contribution in [3.05, 3.63) is 65.1 Å². The molecule has 37 heavy (non-hydrogen) atoms. The van der Waals surface area contributed by atoms with Crippen molar-refractivity contribution in [3.8, 4) is 28.5 Å². The van der Waals surface area contributed by atoms with E-state index in [0.29, 0.717) is 18.4 Å². The van der Waals surface area contributed by atoms with E-state index in [4.69, 9.17) is 14.2 Å². The number of methoxy groups -OCH3 is 1. The molecule has 0 N–H and O–H groups in total. The summed E-state index contributed by atoms with van der Waals surface area (Å²) < 4.78 is 85.4. The number of aryl methyl sites for hydroxylation is 2. The molecule has 0 bridgehead atoms. The quantitative estimate of drug-likeness (QED) is 0.174. The first-order valence-corrected chi connectivity index (χ1v) is 12.7. The highest BCUT2D eigenvalue weighted by atomic mass is 32.2. The largest absolute Gasteiger partial charge is 0.493 e. The molecule has 0 aliphatic rings. The Hall–Kier alpha value is -3.80. The molecular formula is C25H25F3N2O6S. The van der Waals surface area contributed by atoms with E-state index in [1.165, 1.54) is 21.1 Å². The first kappa shape index (κ1) is 27.8. The Kier molecular flexibility index (Phi) is 8.01. The number of sulfone groups is 1. The lowest BCUT2D eigenvalue weighted by molar-refractivity contribution is -0.137.